The molecule has 168 valence electrons. The highest BCUT2D eigenvalue weighted by atomic mass is 35.5. The molecule has 2 aromatic carbocycles. The van der Waals surface area contributed by atoms with Gasteiger partial charge in [-0.05, 0) is 61.1 Å². The Morgan fingerprint density at radius 2 is 1.77 bits per heavy atom. The molecule has 31 heavy (non-hydrogen) atoms. The van der Waals surface area contributed by atoms with Gasteiger partial charge in [-0.25, -0.2) is 0 Å². The van der Waals surface area contributed by atoms with E-state index >= 15 is 0 Å². The largest absolute Gasteiger partial charge is 0.483 e. The van der Waals surface area contributed by atoms with Crippen LogP contribution in [0.1, 0.15) is 43.9 Å². The van der Waals surface area contributed by atoms with E-state index in [1.54, 1.807) is 17.0 Å². The summed E-state index contributed by atoms with van der Waals surface area (Å²) in [5.41, 5.74) is 2.93. The van der Waals surface area contributed by atoms with E-state index in [1.165, 1.54) is 0 Å². The van der Waals surface area contributed by atoms with Crippen LogP contribution >= 0.6 is 11.6 Å². The second-order valence-corrected chi connectivity index (χ2v) is 8.71. The predicted molar refractivity (Wildman–Crippen MR) is 125 cm³/mol. The fourth-order valence-electron chi connectivity index (χ4n) is 3.21. The fourth-order valence-corrected chi connectivity index (χ4v) is 3.34. The van der Waals surface area contributed by atoms with Crippen LogP contribution in [0.4, 0.5) is 0 Å². The van der Waals surface area contributed by atoms with E-state index in [4.69, 9.17) is 16.3 Å². The minimum atomic E-state index is -0.580. The number of hydrogen-bond acceptors (Lipinski definition) is 3. The van der Waals surface area contributed by atoms with E-state index in [0.29, 0.717) is 36.2 Å². The van der Waals surface area contributed by atoms with Gasteiger partial charge in [0.1, 0.15) is 11.8 Å². The average molecular weight is 445 g/mol. The van der Waals surface area contributed by atoms with Crippen molar-refractivity contribution in [1.29, 1.82) is 0 Å². The number of hydrogen-bond donors (Lipinski definition) is 1. The molecule has 2 amide bonds. The zero-order valence-corrected chi connectivity index (χ0v) is 19.8. The molecular weight excluding hydrogens is 412 g/mol. The van der Waals surface area contributed by atoms with Crippen LogP contribution < -0.4 is 10.1 Å². The second kappa shape index (κ2) is 11.8. The first kappa shape index (κ1) is 24.7. The summed E-state index contributed by atoms with van der Waals surface area (Å²) in [6.07, 6.45) is 0.507. The van der Waals surface area contributed by atoms with E-state index < -0.39 is 6.04 Å². The molecule has 1 N–H and O–H groups in total. The minimum Gasteiger partial charge on any atom is -0.483 e. The van der Waals surface area contributed by atoms with Gasteiger partial charge < -0.3 is 15.0 Å². The first-order valence-electron chi connectivity index (χ1n) is 10.7. The Balaban J connectivity index is 2.21. The Labute approximate surface area is 190 Å². The summed E-state index contributed by atoms with van der Waals surface area (Å²) in [6, 6.07) is 12.6. The maximum absolute atomic E-state index is 13.2. The van der Waals surface area contributed by atoms with Crippen molar-refractivity contribution in [3.05, 3.63) is 64.2 Å². The Hall–Kier alpha value is -2.53. The highest BCUT2D eigenvalue weighted by Crippen LogP contribution is 2.20. The van der Waals surface area contributed by atoms with Crippen LogP contribution in [0, 0.1) is 19.8 Å². The summed E-state index contributed by atoms with van der Waals surface area (Å²) < 4.78 is 5.85. The number of nitrogens with one attached hydrogen (secondary N) is 1. The normalized spacial score (nSPS) is 11.8. The summed E-state index contributed by atoms with van der Waals surface area (Å²) in [6.45, 7) is 10.6. The zero-order chi connectivity index (χ0) is 23.0. The van der Waals surface area contributed by atoms with Crippen LogP contribution in [0.2, 0.25) is 5.02 Å². The number of rotatable bonds is 10. The lowest BCUT2D eigenvalue weighted by Crippen LogP contribution is -2.50. The molecule has 1 atom stereocenters. The number of nitrogens with zero attached hydrogens (tertiary/aromatic N) is 1. The van der Waals surface area contributed by atoms with Crippen molar-refractivity contribution >= 4 is 23.4 Å². The SMILES string of the molecule is CCC(C(=O)NCC(C)C)N(Cc1ccc(Cl)cc1)C(=O)COc1cc(C)ccc1C. The first-order chi connectivity index (χ1) is 14.7. The van der Waals surface area contributed by atoms with E-state index in [-0.39, 0.29) is 18.4 Å². The molecular formula is C25H33ClN2O3. The lowest BCUT2D eigenvalue weighted by Gasteiger charge is -2.31. The summed E-state index contributed by atoms with van der Waals surface area (Å²) in [5.74, 6) is 0.624. The van der Waals surface area contributed by atoms with Gasteiger partial charge in [-0.2, -0.15) is 0 Å². The monoisotopic (exact) mass is 444 g/mol. The summed E-state index contributed by atoms with van der Waals surface area (Å²) in [5, 5.41) is 3.59. The number of aryl methyl sites for hydroxylation is 2. The average Bonchev–Trinajstić information content (AvgIpc) is 2.73. The number of benzene rings is 2. The second-order valence-electron chi connectivity index (χ2n) is 8.27. The molecule has 0 aliphatic heterocycles. The van der Waals surface area contributed by atoms with Gasteiger partial charge in [-0.1, -0.05) is 56.6 Å². The molecule has 0 heterocycles. The maximum Gasteiger partial charge on any atom is 0.261 e. The summed E-state index contributed by atoms with van der Waals surface area (Å²) in [7, 11) is 0. The number of carbonyl (C=O) groups is 2. The zero-order valence-electron chi connectivity index (χ0n) is 19.1. The molecule has 0 spiro atoms. The smallest absolute Gasteiger partial charge is 0.261 e. The van der Waals surface area contributed by atoms with Gasteiger partial charge in [0, 0.05) is 18.1 Å². The van der Waals surface area contributed by atoms with Gasteiger partial charge in [-0.15, -0.1) is 0 Å². The quantitative estimate of drug-likeness (QED) is 0.566. The first-order valence-corrected chi connectivity index (χ1v) is 11.1. The molecule has 0 aromatic heterocycles. The molecule has 0 saturated carbocycles. The number of carbonyl (C=O) groups excluding carboxylic acids is 2. The standard InChI is InChI=1S/C25H33ClN2O3/c1-6-22(25(30)27-14-17(2)3)28(15-20-9-11-21(26)12-10-20)24(29)16-31-23-13-18(4)7-8-19(23)5/h7-13,17,22H,6,14-16H2,1-5H3,(H,27,30). The predicted octanol–water partition coefficient (Wildman–Crippen LogP) is 4.92. The molecule has 6 heteroatoms. The van der Waals surface area contributed by atoms with Gasteiger partial charge in [0.15, 0.2) is 6.61 Å². The number of halogens is 1. The Bertz CT molecular complexity index is 881. The van der Waals surface area contributed by atoms with Crippen LogP contribution in [-0.2, 0) is 16.1 Å². The van der Waals surface area contributed by atoms with Crippen molar-refractivity contribution in [1.82, 2.24) is 10.2 Å². The summed E-state index contributed by atoms with van der Waals surface area (Å²) in [4.78, 5) is 27.7. The summed E-state index contributed by atoms with van der Waals surface area (Å²) >= 11 is 6.00. The van der Waals surface area contributed by atoms with E-state index in [0.717, 1.165) is 16.7 Å². The molecule has 1 unspecified atom stereocenters. The van der Waals surface area contributed by atoms with Crippen LogP contribution in [0.5, 0.6) is 5.75 Å². The van der Waals surface area contributed by atoms with Crippen molar-refractivity contribution in [3.8, 4) is 5.75 Å². The third-order valence-electron chi connectivity index (χ3n) is 5.03. The minimum absolute atomic E-state index is 0.133. The Morgan fingerprint density at radius 3 is 2.39 bits per heavy atom. The van der Waals surface area contributed by atoms with Gasteiger partial charge in [0.05, 0.1) is 0 Å². The van der Waals surface area contributed by atoms with Gasteiger partial charge >= 0.3 is 0 Å². The van der Waals surface area contributed by atoms with Gasteiger partial charge in [0.2, 0.25) is 5.91 Å². The highest BCUT2D eigenvalue weighted by Gasteiger charge is 2.29. The molecule has 0 aliphatic carbocycles. The molecule has 5 nitrogen and oxygen atoms in total. The molecule has 2 aromatic rings. The highest BCUT2D eigenvalue weighted by molar-refractivity contribution is 6.30. The van der Waals surface area contributed by atoms with Crippen LogP contribution in [-0.4, -0.2) is 35.9 Å². The lowest BCUT2D eigenvalue weighted by atomic mass is 10.1. The van der Waals surface area contributed by atoms with Crippen molar-refractivity contribution in [2.24, 2.45) is 5.92 Å². The van der Waals surface area contributed by atoms with Crippen molar-refractivity contribution in [2.75, 3.05) is 13.2 Å². The Kier molecular flexibility index (Phi) is 9.38. The number of amides is 2. The third kappa shape index (κ3) is 7.59. The molecule has 0 fully saturated rings. The molecule has 0 bridgehead atoms. The topological polar surface area (TPSA) is 58.6 Å². The van der Waals surface area contributed by atoms with Crippen LogP contribution in [0.3, 0.4) is 0 Å². The van der Waals surface area contributed by atoms with Crippen molar-refractivity contribution in [2.45, 2.75) is 53.6 Å². The fraction of sp³-hybridized carbons (Fsp3) is 0.440. The third-order valence-corrected chi connectivity index (χ3v) is 5.28. The molecule has 0 saturated heterocycles. The molecule has 0 aliphatic rings. The van der Waals surface area contributed by atoms with E-state index in [2.05, 4.69) is 5.32 Å². The van der Waals surface area contributed by atoms with Gasteiger partial charge in [0.25, 0.3) is 5.91 Å². The Morgan fingerprint density at radius 1 is 1.10 bits per heavy atom. The van der Waals surface area contributed by atoms with Crippen molar-refractivity contribution < 1.29 is 14.3 Å². The molecule has 2 rings (SSSR count). The lowest BCUT2D eigenvalue weighted by molar-refractivity contribution is -0.143. The van der Waals surface area contributed by atoms with Gasteiger partial charge in [-0.3, -0.25) is 9.59 Å². The van der Waals surface area contributed by atoms with Crippen LogP contribution in [0.25, 0.3) is 0 Å². The van der Waals surface area contributed by atoms with E-state index in [1.807, 2.05) is 65.0 Å². The van der Waals surface area contributed by atoms with E-state index in [9.17, 15) is 9.59 Å². The van der Waals surface area contributed by atoms with Crippen LogP contribution in [0.15, 0.2) is 42.5 Å². The molecule has 0 radical (unpaired) electrons. The maximum atomic E-state index is 13.2. The van der Waals surface area contributed by atoms with Crippen molar-refractivity contribution in [3.63, 3.8) is 0 Å². The number of ether oxygens (including phenoxy) is 1.